The highest BCUT2D eigenvalue weighted by Crippen LogP contribution is 2.02. The maximum absolute atomic E-state index is 11.6. The van der Waals surface area contributed by atoms with Gasteiger partial charge in [0.2, 0.25) is 5.91 Å². The standard InChI is InChI=1S/C11H23N3O3S/c1-2-3-12-4-5-13-11(15)10-14-6-8-18(16,17)9-7-14/h12H,2-10H2,1H3,(H,13,15). The van der Waals surface area contributed by atoms with Crippen LogP contribution in [0.25, 0.3) is 0 Å². The van der Waals surface area contributed by atoms with Gasteiger partial charge in [0.05, 0.1) is 18.1 Å². The molecule has 106 valence electrons. The second kappa shape index (κ2) is 7.70. The summed E-state index contributed by atoms with van der Waals surface area (Å²) >= 11 is 0. The summed E-state index contributed by atoms with van der Waals surface area (Å²) in [5, 5.41) is 6.01. The molecule has 0 aromatic heterocycles. The van der Waals surface area contributed by atoms with Gasteiger partial charge in [-0.2, -0.15) is 0 Å². The zero-order valence-electron chi connectivity index (χ0n) is 10.9. The number of sulfone groups is 1. The lowest BCUT2D eigenvalue weighted by Crippen LogP contribution is -2.46. The first kappa shape index (κ1) is 15.4. The Morgan fingerprint density at radius 1 is 1.17 bits per heavy atom. The molecule has 1 saturated heterocycles. The minimum atomic E-state index is -2.86. The molecule has 6 nitrogen and oxygen atoms in total. The molecule has 0 unspecified atom stereocenters. The van der Waals surface area contributed by atoms with Crippen molar-refractivity contribution in [3.63, 3.8) is 0 Å². The zero-order valence-corrected chi connectivity index (χ0v) is 11.8. The van der Waals surface area contributed by atoms with E-state index in [0.717, 1.165) is 19.5 Å². The number of nitrogens with one attached hydrogen (secondary N) is 2. The van der Waals surface area contributed by atoms with Crippen molar-refractivity contribution in [2.75, 3.05) is 50.8 Å². The van der Waals surface area contributed by atoms with Crippen LogP contribution in [0, 0.1) is 0 Å². The number of rotatable bonds is 7. The minimum Gasteiger partial charge on any atom is -0.354 e. The summed E-state index contributed by atoms with van der Waals surface area (Å²) in [6.07, 6.45) is 1.08. The molecule has 0 saturated carbocycles. The molecule has 0 atom stereocenters. The molecule has 1 rings (SSSR count). The maximum Gasteiger partial charge on any atom is 0.234 e. The maximum atomic E-state index is 11.6. The van der Waals surface area contributed by atoms with Crippen LogP contribution in [0.4, 0.5) is 0 Å². The Kier molecular flexibility index (Phi) is 6.59. The van der Waals surface area contributed by atoms with Crippen LogP contribution in [0.1, 0.15) is 13.3 Å². The van der Waals surface area contributed by atoms with Crippen molar-refractivity contribution < 1.29 is 13.2 Å². The third-order valence-corrected chi connectivity index (χ3v) is 4.46. The van der Waals surface area contributed by atoms with Gasteiger partial charge < -0.3 is 10.6 Å². The molecule has 18 heavy (non-hydrogen) atoms. The lowest BCUT2D eigenvalue weighted by Gasteiger charge is -2.25. The van der Waals surface area contributed by atoms with E-state index in [9.17, 15) is 13.2 Å². The quantitative estimate of drug-likeness (QED) is 0.574. The second-order valence-electron chi connectivity index (χ2n) is 4.53. The summed E-state index contributed by atoms with van der Waals surface area (Å²) in [6.45, 7) is 5.66. The average molecular weight is 277 g/mol. The van der Waals surface area contributed by atoms with Crippen LogP contribution in [-0.2, 0) is 14.6 Å². The molecule has 0 spiro atoms. The van der Waals surface area contributed by atoms with Gasteiger partial charge in [-0.25, -0.2) is 8.42 Å². The van der Waals surface area contributed by atoms with Crippen molar-refractivity contribution in [1.82, 2.24) is 15.5 Å². The first-order valence-corrected chi connectivity index (χ1v) is 8.26. The van der Waals surface area contributed by atoms with Gasteiger partial charge >= 0.3 is 0 Å². The molecular formula is C11H23N3O3S. The number of nitrogens with zero attached hydrogens (tertiary/aromatic N) is 1. The van der Waals surface area contributed by atoms with Crippen molar-refractivity contribution in [1.29, 1.82) is 0 Å². The van der Waals surface area contributed by atoms with Gasteiger partial charge in [0.25, 0.3) is 0 Å². The molecule has 2 N–H and O–H groups in total. The van der Waals surface area contributed by atoms with Gasteiger partial charge in [-0.1, -0.05) is 6.92 Å². The van der Waals surface area contributed by atoms with E-state index < -0.39 is 9.84 Å². The minimum absolute atomic E-state index is 0.0346. The predicted molar refractivity (Wildman–Crippen MR) is 71.3 cm³/mol. The zero-order chi connectivity index (χ0) is 13.4. The van der Waals surface area contributed by atoms with Crippen LogP contribution in [0.5, 0.6) is 0 Å². The average Bonchev–Trinajstić information content (AvgIpc) is 2.32. The van der Waals surface area contributed by atoms with E-state index in [1.54, 1.807) is 0 Å². The Labute approximate surface area is 109 Å². The highest BCUT2D eigenvalue weighted by atomic mass is 32.2. The Balaban J connectivity index is 2.10. The fourth-order valence-corrected chi connectivity index (χ4v) is 3.04. The molecule has 1 aliphatic heterocycles. The molecule has 1 fully saturated rings. The molecule has 0 aromatic rings. The number of carbonyl (C=O) groups is 1. The summed E-state index contributed by atoms with van der Waals surface area (Å²) in [7, 11) is -2.86. The first-order chi connectivity index (χ1) is 8.53. The third-order valence-electron chi connectivity index (χ3n) is 2.85. The summed E-state index contributed by atoms with van der Waals surface area (Å²) in [5.41, 5.74) is 0. The van der Waals surface area contributed by atoms with Crippen LogP contribution < -0.4 is 10.6 Å². The van der Waals surface area contributed by atoms with Crippen molar-refractivity contribution >= 4 is 15.7 Å². The summed E-state index contributed by atoms with van der Waals surface area (Å²) < 4.78 is 22.4. The summed E-state index contributed by atoms with van der Waals surface area (Å²) in [4.78, 5) is 13.5. The van der Waals surface area contributed by atoms with Crippen molar-refractivity contribution in [2.45, 2.75) is 13.3 Å². The topological polar surface area (TPSA) is 78.5 Å². The summed E-state index contributed by atoms with van der Waals surface area (Å²) in [6, 6.07) is 0. The monoisotopic (exact) mass is 277 g/mol. The van der Waals surface area contributed by atoms with E-state index in [1.807, 2.05) is 4.90 Å². The second-order valence-corrected chi connectivity index (χ2v) is 6.83. The lowest BCUT2D eigenvalue weighted by atomic mass is 10.4. The normalized spacial score (nSPS) is 19.6. The van der Waals surface area contributed by atoms with E-state index in [4.69, 9.17) is 0 Å². The fourth-order valence-electron chi connectivity index (χ4n) is 1.76. The van der Waals surface area contributed by atoms with Gasteiger partial charge in [0.1, 0.15) is 0 Å². The van der Waals surface area contributed by atoms with E-state index in [-0.39, 0.29) is 17.4 Å². The van der Waals surface area contributed by atoms with Gasteiger partial charge in [0, 0.05) is 26.2 Å². The van der Waals surface area contributed by atoms with Gasteiger partial charge in [-0.3, -0.25) is 9.69 Å². The number of hydrogen-bond donors (Lipinski definition) is 2. The smallest absolute Gasteiger partial charge is 0.234 e. The highest BCUT2D eigenvalue weighted by Gasteiger charge is 2.22. The van der Waals surface area contributed by atoms with E-state index in [2.05, 4.69) is 17.6 Å². The Bertz CT molecular complexity index is 343. The van der Waals surface area contributed by atoms with Crippen LogP contribution in [0.2, 0.25) is 0 Å². The molecule has 0 aromatic carbocycles. The molecule has 0 radical (unpaired) electrons. The molecule has 1 heterocycles. The Morgan fingerprint density at radius 3 is 2.44 bits per heavy atom. The molecular weight excluding hydrogens is 254 g/mol. The highest BCUT2D eigenvalue weighted by molar-refractivity contribution is 7.91. The van der Waals surface area contributed by atoms with Crippen molar-refractivity contribution in [3.8, 4) is 0 Å². The van der Waals surface area contributed by atoms with Gasteiger partial charge in [0.15, 0.2) is 9.84 Å². The van der Waals surface area contributed by atoms with Crippen molar-refractivity contribution in [2.24, 2.45) is 0 Å². The van der Waals surface area contributed by atoms with Crippen LogP contribution >= 0.6 is 0 Å². The molecule has 0 bridgehead atoms. The van der Waals surface area contributed by atoms with Gasteiger partial charge in [-0.05, 0) is 13.0 Å². The Morgan fingerprint density at radius 2 is 1.83 bits per heavy atom. The van der Waals surface area contributed by atoms with Crippen LogP contribution in [0.15, 0.2) is 0 Å². The van der Waals surface area contributed by atoms with E-state index in [0.29, 0.717) is 26.2 Å². The molecule has 1 amide bonds. The lowest BCUT2D eigenvalue weighted by molar-refractivity contribution is -0.122. The fraction of sp³-hybridized carbons (Fsp3) is 0.909. The SMILES string of the molecule is CCCNCCNC(=O)CN1CCS(=O)(=O)CC1. The first-order valence-electron chi connectivity index (χ1n) is 6.43. The number of carbonyl (C=O) groups excluding carboxylic acids is 1. The molecule has 1 aliphatic rings. The van der Waals surface area contributed by atoms with Crippen LogP contribution in [-0.4, -0.2) is 70.0 Å². The number of hydrogen-bond acceptors (Lipinski definition) is 5. The van der Waals surface area contributed by atoms with E-state index >= 15 is 0 Å². The molecule has 0 aliphatic carbocycles. The largest absolute Gasteiger partial charge is 0.354 e. The van der Waals surface area contributed by atoms with Crippen LogP contribution in [0.3, 0.4) is 0 Å². The summed E-state index contributed by atoms with van der Waals surface area (Å²) in [5.74, 6) is 0.295. The Hall–Kier alpha value is -0.660. The number of amides is 1. The van der Waals surface area contributed by atoms with Gasteiger partial charge in [-0.15, -0.1) is 0 Å². The van der Waals surface area contributed by atoms with Crippen molar-refractivity contribution in [3.05, 3.63) is 0 Å². The van der Waals surface area contributed by atoms with E-state index in [1.165, 1.54) is 0 Å². The third kappa shape index (κ3) is 6.32. The molecule has 7 heteroatoms. The predicted octanol–water partition coefficient (Wildman–Crippen LogP) is -1.17.